The van der Waals surface area contributed by atoms with Crippen LogP contribution >= 0.6 is 15.9 Å². The molecule has 0 aliphatic heterocycles. The van der Waals surface area contributed by atoms with Crippen molar-refractivity contribution < 1.29 is 14.3 Å². The minimum absolute atomic E-state index is 0.113. The molecule has 0 radical (unpaired) electrons. The van der Waals surface area contributed by atoms with Crippen molar-refractivity contribution in [3.05, 3.63) is 64.6 Å². The normalized spacial score (nSPS) is 11.5. The largest absolute Gasteiger partial charge is 0.484 e. The van der Waals surface area contributed by atoms with Gasteiger partial charge in [0.25, 0.3) is 5.91 Å². The van der Waals surface area contributed by atoms with Crippen LogP contribution in [0.5, 0.6) is 5.75 Å². The van der Waals surface area contributed by atoms with Crippen LogP contribution in [0.15, 0.2) is 59.1 Å². The summed E-state index contributed by atoms with van der Waals surface area (Å²) < 4.78 is 6.51. The molecule has 5 nitrogen and oxygen atoms in total. The van der Waals surface area contributed by atoms with Gasteiger partial charge in [0.05, 0.1) is 0 Å². The number of ether oxygens (including phenoxy) is 1. The van der Waals surface area contributed by atoms with E-state index in [1.165, 1.54) is 0 Å². The molecule has 0 spiro atoms. The Labute approximate surface area is 162 Å². The molecule has 0 saturated carbocycles. The first-order chi connectivity index (χ1) is 12.5. The second kappa shape index (κ2) is 9.97. The van der Waals surface area contributed by atoms with Gasteiger partial charge in [-0.05, 0) is 43.2 Å². The number of nitrogens with one attached hydrogen (secondary N) is 1. The zero-order chi connectivity index (χ0) is 18.9. The van der Waals surface area contributed by atoms with Gasteiger partial charge in [-0.1, -0.05) is 46.3 Å². The summed E-state index contributed by atoms with van der Waals surface area (Å²) in [6.07, 6.45) is 0.673. The summed E-state index contributed by atoms with van der Waals surface area (Å²) in [7, 11) is 1.57. The lowest BCUT2D eigenvalue weighted by Gasteiger charge is -2.28. The summed E-state index contributed by atoms with van der Waals surface area (Å²) in [4.78, 5) is 26.3. The van der Waals surface area contributed by atoms with Gasteiger partial charge in [-0.15, -0.1) is 0 Å². The number of carbonyl (C=O) groups is 2. The molecular weight excluding hydrogens is 396 g/mol. The molecule has 0 heterocycles. The fourth-order valence-corrected chi connectivity index (χ4v) is 2.80. The van der Waals surface area contributed by atoms with Crippen molar-refractivity contribution in [2.75, 3.05) is 20.2 Å². The van der Waals surface area contributed by atoms with E-state index in [2.05, 4.69) is 21.2 Å². The zero-order valence-electron chi connectivity index (χ0n) is 14.9. The van der Waals surface area contributed by atoms with Crippen LogP contribution in [-0.4, -0.2) is 43.0 Å². The highest BCUT2D eigenvalue weighted by molar-refractivity contribution is 9.10. The fraction of sp³-hybridized carbons (Fsp3) is 0.300. The summed E-state index contributed by atoms with van der Waals surface area (Å²) in [6.45, 7) is 2.06. The lowest BCUT2D eigenvalue weighted by molar-refractivity contribution is -0.141. The minimum Gasteiger partial charge on any atom is -0.484 e. The van der Waals surface area contributed by atoms with Gasteiger partial charge in [0, 0.05) is 18.1 Å². The lowest BCUT2D eigenvalue weighted by Crippen LogP contribution is -2.49. The van der Waals surface area contributed by atoms with Crippen molar-refractivity contribution in [1.82, 2.24) is 10.2 Å². The molecule has 138 valence electrons. The first-order valence-electron chi connectivity index (χ1n) is 8.44. The molecule has 2 rings (SSSR count). The van der Waals surface area contributed by atoms with Crippen molar-refractivity contribution in [2.45, 2.75) is 19.4 Å². The Morgan fingerprint density at radius 1 is 1.12 bits per heavy atom. The Hall–Kier alpha value is -2.34. The number of carbonyl (C=O) groups excluding carboxylic acids is 2. The average Bonchev–Trinajstić information content (AvgIpc) is 2.67. The number of halogens is 1. The first kappa shape index (κ1) is 20.0. The highest BCUT2D eigenvalue weighted by Crippen LogP contribution is 2.16. The van der Waals surface area contributed by atoms with Crippen molar-refractivity contribution in [3.8, 4) is 5.75 Å². The van der Waals surface area contributed by atoms with Crippen LogP contribution in [-0.2, 0) is 16.0 Å². The number of rotatable bonds is 8. The van der Waals surface area contributed by atoms with Crippen molar-refractivity contribution in [2.24, 2.45) is 0 Å². The third-order valence-electron chi connectivity index (χ3n) is 4.07. The Bertz CT molecular complexity index is 720. The average molecular weight is 419 g/mol. The number of likely N-dealkylation sites (N-methyl/N-ethyl adjacent to an activating group) is 1. The van der Waals surface area contributed by atoms with Gasteiger partial charge in [-0.3, -0.25) is 9.59 Å². The second-order valence-electron chi connectivity index (χ2n) is 5.86. The third-order valence-corrected chi connectivity index (χ3v) is 4.60. The monoisotopic (exact) mass is 418 g/mol. The molecule has 0 aromatic heterocycles. The van der Waals surface area contributed by atoms with Gasteiger partial charge in [0.15, 0.2) is 6.61 Å². The molecule has 2 aromatic carbocycles. The van der Waals surface area contributed by atoms with E-state index >= 15 is 0 Å². The van der Waals surface area contributed by atoms with Crippen LogP contribution in [0.25, 0.3) is 0 Å². The van der Waals surface area contributed by atoms with Crippen molar-refractivity contribution in [1.29, 1.82) is 0 Å². The summed E-state index contributed by atoms with van der Waals surface area (Å²) in [5.41, 5.74) is 1.11. The SMILES string of the molecule is CNC(=O)C(C)N(CCc1ccccc1)C(=O)COc1ccc(Br)cc1. The van der Waals surface area contributed by atoms with Crippen LogP contribution in [0.1, 0.15) is 12.5 Å². The first-order valence-corrected chi connectivity index (χ1v) is 9.24. The second-order valence-corrected chi connectivity index (χ2v) is 6.77. The van der Waals surface area contributed by atoms with E-state index < -0.39 is 6.04 Å². The molecule has 0 fully saturated rings. The smallest absolute Gasteiger partial charge is 0.261 e. The van der Waals surface area contributed by atoms with Gasteiger partial charge < -0.3 is 15.0 Å². The van der Waals surface area contributed by atoms with E-state index in [1.807, 2.05) is 42.5 Å². The molecule has 1 N–H and O–H groups in total. The molecule has 6 heteroatoms. The highest BCUT2D eigenvalue weighted by atomic mass is 79.9. The Balaban J connectivity index is 2.02. The third kappa shape index (κ3) is 5.88. The van der Waals surface area contributed by atoms with Gasteiger partial charge in [0.1, 0.15) is 11.8 Å². The van der Waals surface area contributed by atoms with Gasteiger partial charge in [-0.25, -0.2) is 0 Å². The number of hydrogen-bond donors (Lipinski definition) is 1. The highest BCUT2D eigenvalue weighted by Gasteiger charge is 2.25. The Kier molecular flexibility index (Phi) is 7.66. The maximum atomic E-state index is 12.7. The fourth-order valence-electron chi connectivity index (χ4n) is 2.54. The van der Waals surface area contributed by atoms with E-state index in [4.69, 9.17) is 4.74 Å². The molecule has 2 amide bonds. The maximum absolute atomic E-state index is 12.7. The topological polar surface area (TPSA) is 58.6 Å². The van der Waals surface area contributed by atoms with Gasteiger partial charge in [0.2, 0.25) is 5.91 Å². The van der Waals surface area contributed by atoms with Crippen LogP contribution in [0.3, 0.4) is 0 Å². The van der Waals surface area contributed by atoms with Crippen LogP contribution < -0.4 is 10.1 Å². The molecule has 2 aromatic rings. The summed E-state index contributed by atoms with van der Waals surface area (Å²) >= 11 is 3.36. The number of benzene rings is 2. The Morgan fingerprint density at radius 2 is 1.77 bits per heavy atom. The molecule has 0 aliphatic carbocycles. The molecule has 0 bridgehead atoms. The summed E-state index contributed by atoms with van der Waals surface area (Å²) in [5, 5.41) is 2.60. The predicted molar refractivity (Wildman–Crippen MR) is 105 cm³/mol. The van der Waals surface area contributed by atoms with E-state index in [0.29, 0.717) is 18.7 Å². The van der Waals surface area contributed by atoms with Gasteiger partial charge in [-0.2, -0.15) is 0 Å². The molecule has 1 unspecified atom stereocenters. The van der Waals surface area contributed by atoms with E-state index in [-0.39, 0.29) is 18.4 Å². The maximum Gasteiger partial charge on any atom is 0.261 e. The van der Waals surface area contributed by atoms with Crippen molar-refractivity contribution >= 4 is 27.7 Å². The standard InChI is InChI=1S/C20H23BrN2O3/c1-15(20(25)22-2)23(13-12-16-6-4-3-5-7-16)19(24)14-26-18-10-8-17(21)9-11-18/h3-11,15H,12-14H2,1-2H3,(H,22,25). The molecule has 1 atom stereocenters. The quantitative estimate of drug-likeness (QED) is 0.716. The molecule has 26 heavy (non-hydrogen) atoms. The van der Waals surface area contributed by atoms with Gasteiger partial charge >= 0.3 is 0 Å². The zero-order valence-corrected chi connectivity index (χ0v) is 16.5. The van der Waals surface area contributed by atoms with E-state index in [9.17, 15) is 9.59 Å². The summed E-state index contributed by atoms with van der Waals surface area (Å²) in [6, 6.07) is 16.6. The Morgan fingerprint density at radius 3 is 2.38 bits per heavy atom. The predicted octanol–water partition coefficient (Wildman–Crippen LogP) is 3.03. The van der Waals surface area contributed by atoms with Crippen LogP contribution in [0.2, 0.25) is 0 Å². The number of hydrogen-bond acceptors (Lipinski definition) is 3. The van der Waals surface area contributed by atoms with E-state index in [1.54, 1.807) is 31.0 Å². The molecule has 0 aliphatic rings. The van der Waals surface area contributed by atoms with Crippen LogP contribution in [0, 0.1) is 0 Å². The summed E-state index contributed by atoms with van der Waals surface area (Å²) in [5.74, 6) is 0.187. The van der Waals surface area contributed by atoms with Crippen molar-refractivity contribution in [3.63, 3.8) is 0 Å². The minimum atomic E-state index is -0.565. The molecule has 0 saturated heterocycles. The number of nitrogens with zero attached hydrogens (tertiary/aromatic N) is 1. The molecular formula is C20H23BrN2O3. The van der Waals surface area contributed by atoms with E-state index in [0.717, 1.165) is 10.0 Å². The lowest BCUT2D eigenvalue weighted by atomic mass is 10.1. The van der Waals surface area contributed by atoms with Crippen LogP contribution in [0.4, 0.5) is 0 Å². The number of amides is 2.